The van der Waals surface area contributed by atoms with E-state index in [0.29, 0.717) is 50.0 Å². The van der Waals surface area contributed by atoms with Gasteiger partial charge in [-0.25, -0.2) is 0 Å². The molecule has 28 heavy (non-hydrogen) atoms. The van der Waals surface area contributed by atoms with Crippen molar-refractivity contribution >= 4 is 11.7 Å². The van der Waals surface area contributed by atoms with Gasteiger partial charge in [-0.05, 0) is 42.9 Å². The lowest BCUT2D eigenvalue weighted by atomic mass is 9.88. The number of ketones is 1. The van der Waals surface area contributed by atoms with E-state index in [2.05, 4.69) is 26.0 Å². The van der Waals surface area contributed by atoms with Crippen LogP contribution in [0.1, 0.15) is 58.9 Å². The minimum absolute atomic E-state index is 0.0272. The minimum atomic E-state index is -0.119. The third-order valence-electron chi connectivity index (χ3n) is 5.19. The van der Waals surface area contributed by atoms with Crippen molar-refractivity contribution in [3.63, 3.8) is 0 Å². The monoisotopic (exact) mass is 383 g/mol. The summed E-state index contributed by atoms with van der Waals surface area (Å²) in [5.74, 6) is 1.60. The molecule has 0 unspecified atom stereocenters. The van der Waals surface area contributed by atoms with Gasteiger partial charge in [0.1, 0.15) is 12.4 Å². The zero-order chi connectivity index (χ0) is 20.1. The summed E-state index contributed by atoms with van der Waals surface area (Å²) in [5.41, 5.74) is 2.03. The average Bonchev–Trinajstić information content (AvgIpc) is 3.16. The van der Waals surface area contributed by atoms with Gasteiger partial charge in [0, 0.05) is 31.7 Å². The molecule has 5 heteroatoms. The number of rotatable bonds is 7. The summed E-state index contributed by atoms with van der Waals surface area (Å²) in [6.07, 6.45) is 2.39. The Morgan fingerprint density at radius 2 is 1.79 bits per heavy atom. The molecular formula is C23H29NO4. The van der Waals surface area contributed by atoms with E-state index in [1.807, 2.05) is 12.1 Å². The number of amides is 1. The molecule has 3 rings (SSSR count). The quantitative estimate of drug-likeness (QED) is 0.667. The van der Waals surface area contributed by atoms with Gasteiger partial charge in [-0.15, -0.1) is 0 Å². The molecule has 1 aromatic carbocycles. The third-order valence-corrected chi connectivity index (χ3v) is 5.19. The Balaban J connectivity index is 1.55. The lowest BCUT2D eigenvalue weighted by Gasteiger charge is -2.30. The Morgan fingerprint density at radius 1 is 1.11 bits per heavy atom. The SMILES string of the molecule is COCc1ccc(C(=O)N2CCC(C(=O)c3ccc(CC(C)C)cc3)CC2)o1. The number of furan rings is 1. The highest BCUT2D eigenvalue weighted by Crippen LogP contribution is 2.24. The second-order valence-electron chi connectivity index (χ2n) is 7.92. The fourth-order valence-corrected chi connectivity index (χ4v) is 3.73. The largest absolute Gasteiger partial charge is 0.453 e. The van der Waals surface area contributed by atoms with Gasteiger partial charge < -0.3 is 14.1 Å². The van der Waals surface area contributed by atoms with E-state index in [1.165, 1.54) is 5.56 Å². The molecule has 1 amide bonds. The first-order valence-corrected chi connectivity index (χ1v) is 9.98. The number of benzene rings is 1. The number of hydrogen-bond acceptors (Lipinski definition) is 4. The molecule has 1 aliphatic heterocycles. The van der Waals surface area contributed by atoms with E-state index in [9.17, 15) is 9.59 Å². The van der Waals surface area contributed by atoms with Crippen LogP contribution in [0.5, 0.6) is 0 Å². The first kappa shape index (κ1) is 20.3. The molecule has 150 valence electrons. The van der Waals surface area contributed by atoms with Crippen LogP contribution in [0.4, 0.5) is 0 Å². The van der Waals surface area contributed by atoms with E-state index in [1.54, 1.807) is 24.1 Å². The van der Waals surface area contributed by atoms with Gasteiger partial charge in [0.05, 0.1) is 0 Å². The third kappa shape index (κ3) is 4.90. The molecule has 0 aliphatic carbocycles. The smallest absolute Gasteiger partial charge is 0.289 e. The molecule has 2 aromatic rings. The zero-order valence-corrected chi connectivity index (χ0v) is 16.9. The zero-order valence-electron chi connectivity index (χ0n) is 16.9. The lowest BCUT2D eigenvalue weighted by Crippen LogP contribution is -2.40. The van der Waals surface area contributed by atoms with Crippen LogP contribution in [0.15, 0.2) is 40.8 Å². The topological polar surface area (TPSA) is 59.8 Å². The van der Waals surface area contributed by atoms with E-state index < -0.39 is 0 Å². The van der Waals surface area contributed by atoms with Crippen molar-refractivity contribution in [1.29, 1.82) is 0 Å². The van der Waals surface area contributed by atoms with Crippen LogP contribution in [0, 0.1) is 11.8 Å². The van der Waals surface area contributed by atoms with E-state index >= 15 is 0 Å². The van der Waals surface area contributed by atoms with Gasteiger partial charge in [0.15, 0.2) is 11.5 Å². The summed E-state index contributed by atoms with van der Waals surface area (Å²) in [4.78, 5) is 27.2. The van der Waals surface area contributed by atoms with Crippen molar-refractivity contribution < 1.29 is 18.7 Å². The average molecular weight is 383 g/mol. The molecule has 1 aliphatic rings. The van der Waals surface area contributed by atoms with Crippen LogP contribution < -0.4 is 0 Å². The maximum absolute atomic E-state index is 12.8. The van der Waals surface area contributed by atoms with Gasteiger partial charge in [-0.3, -0.25) is 9.59 Å². The van der Waals surface area contributed by atoms with Crippen molar-refractivity contribution in [2.75, 3.05) is 20.2 Å². The predicted molar refractivity (Wildman–Crippen MR) is 107 cm³/mol. The summed E-state index contributed by atoms with van der Waals surface area (Å²) in [6.45, 7) is 5.87. The molecule has 0 atom stereocenters. The molecule has 5 nitrogen and oxygen atoms in total. The number of methoxy groups -OCH3 is 1. The maximum Gasteiger partial charge on any atom is 0.289 e. The number of nitrogens with zero attached hydrogens (tertiary/aromatic N) is 1. The fraction of sp³-hybridized carbons (Fsp3) is 0.478. The predicted octanol–water partition coefficient (Wildman–Crippen LogP) is 4.36. The maximum atomic E-state index is 12.8. The Hall–Kier alpha value is -2.40. The molecular weight excluding hydrogens is 354 g/mol. The van der Waals surface area contributed by atoms with Crippen LogP contribution in [0.25, 0.3) is 0 Å². The van der Waals surface area contributed by atoms with Gasteiger partial charge in [-0.2, -0.15) is 0 Å². The van der Waals surface area contributed by atoms with Crippen molar-refractivity contribution in [3.8, 4) is 0 Å². The van der Waals surface area contributed by atoms with Crippen molar-refractivity contribution in [1.82, 2.24) is 4.90 Å². The summed E-state index contributed by atoms with van der Waals surface area (Å²) in [5, 5.41) is 0. The second kappa shape index (κ2) is 9.20. The Bertz CT molecular complexity index is 798. The molecule has 2 heterocycles. The molecule has 1 aromatic heterocycles. The number of Topliss-reactive ketones (excluding diaryl/α,β-unsaturated/α-hetero) is 1. The molecule has 1 fully saturated rings. The highest BCUT2D eigenvalue weighted by molar-refractivity contribution is 5.98. The summed E-state index contributed by atoms with van der Waals surface area (Å²) in [7, 11) is 1.59. The van der Waals surface area contributed by atoms with E-state index in [-0.39, 0.29) is 17.6 Å². The molecule has 0 bridgehead atoms. The number of carbonyl (C=O) groups is 2. The number of hydrogen-bond donors (Lipinski definition) is 0. The highest BCUT2D eigenvalue weighted by atomic mass is 16.5. The molecule has 0 saturated carbocycles. The minimum Gasteiger partial charge on any atom is -0.453 e. The molecule has 1 saturated heterocycles. The number of ether oxygens (including phenoxy) is 1. The van der Waals surface area contributed by atoms with Crippen molar-refractivity contribution in [3.05, 3.63) is 59.0 Å². The van der Waals surface area contributed by atoms with Crippen LogP contribution in [-0.4, -0.2) is 36.8 Å². The molecule has 0 spiro atoms. The van der Waals surface area contributed by atoms with Crippen LogP contribution in [-0.2, 0) is 17.8 Å². The summed E-state index contributed by atoms with van der Waals surface area (Å²) < 4.78 is 10.6. The Labute approximate surface area is 166 Å². The summed E-state index contributed by atoms with van der Waals surface area (Å²) >= 11 is 0. The van der Waals surface area contributed by atoms with E-state index in [4.69, 9.17) is 9.15 Å². The van der Waals surface area contributed by atoms with Gasteiger partial charge in [-0.1, -0.05) is 38.1 Å². The highest BCUT2D eigenvalue weighted by Gasteiger charge is 2.29. The van der Waals surface area contributed by atoms with Gasteiger partial charge in [0.2, 0.25) is 0 Å². The molecule has 0 N–H and O–H groups in total. The normalized spacial score (nSPS) is 15.2. The number of piperidine rings is 1. The van der Waals surface area contributed by atoms with Crippen LogP contribution >= 0.6 is 0 Å². The number of carbonyl (C=O) groups excluding carboxylic acids is 2. The standard InChI is InChI=1S/C23H29NO4/c1-16(2)14-17-4-6-18(7-5-17)22(25)19-10-12-24(13-11-19)23(26)21-9-8-20(28-21)15-27-3/h4-9,16,19H,10-15H2,1-3H3. The first-order chi connectivity index (χ1) is 13.5. The first-order valence-electron chi connectivity index (χ1n) is 9.98. The molecule has 0 radical (unpaired) electrons. The van der Waals surface area contributed by atoms with Gasteiger partial charge >= 0.3 is 0 Å². The van der Waals surface area contributed by atoms with Crippen molar-refractivity contribution in [2.24, 2.45) is 11.8 Å². The van der Waals surface area contributed by atoms with Gasteiger partial charge in [0.25, 0.3) is 5.91 Å². The number of likely N-dealkylation sites (tertiary alicyclic amines) is 1. The van der Waals surface area contributed by atoms with E-state index in [0.717, 1.165) is 12.0 Å². The lowest BCUT2D eigenvalue weighted by molar-refractivity contribution is 0.0619. The Kier molecular flexibility index (Phi) is 6.68. The second-order valence-corrected chi connectivity index (χ2v) is 7.92. The fourth-order valence-electron chi connectivity index (χ4n) is 3.73. The van der Waals surface area contributed by atoms with Crippen LogP contribution in [0.3, 0.4) is 0 Å². The summed E-state index contributed by atoms with van der Waals surface area (Å²) in [6, 6.07) is 11.4. The Morgan fingerprint density at radius 3 is 2.39 bits per heavy atom. The van der Waals surface area contributed by atoms with Crippen LogP contribution in [0.2, 0.25) is 0 Å². The van der Waals surface area contributed by atoms with Crippen molar-refractivity contribution in [2.45, 2.75) is 39.7 Å².